The molecule has 0 saturated heterocycles. The van der Waals surface area contributed by atoms with Gasteiger partial charge in [-0.3, -0.25) is 0 Å². The standard InChI is InChI=1S/C9H16O/c1-4-6-9(10)7-8(3)5-2/h4-5,9-10H,1,6-7H2,2-3H3/b8-5-. The Morgan fingerprint density at radius 2 is 2.30 bits per heavy atom. The Morgan fingerprint density at radius 1 is 1.70 bits per heavy atom. The Hall–Kier alpha value is -0.560. The molecule has 1 unspecified atom stereocenters. The second kappa shape index (κ2) is 5.24. The van der Waals surface area contributed by atoms with Gasteiger partial charge in [-0.05, 0) is 26.7 Å². The number of rotatable bonds is 4. The molecule has 0 radical (unpaired) electrons. The summed E-state index contributed by atoms with van der Waals surface area (Å²) >= 11 is 0. The van der Waals surface area contributed by atoms with E-state index in [0.29, 0.717) is 6.42 Å². The lowest BCUT2D eigenvalue weighted by Crippen LogP contribution is -2.04. The van der Waals surface area contributed by atoms with Crippen molar-refractivity contribution in [2.45, 2.75) is 32.8 Å². The molecule has 0 aromatic heterocycles. The summed E-state index contributed by atoms with van der Waals surface area (Å²) in [6.07, 6.45) is 4.97. The molecule has 0 aromatic rings. The van der Waals surface area contributed by atoms with Crippen molar-refractivity contribution in [1.29, 1.82) is 0 Å². The summed E-state index contributed by atoms with van der Waals surface area (Å²) in [6.45, 7) is 7.56. The molecule has 1 heteroatoms. The SMILES string of the molecule is C=CCC(O)C/C(C)=C\C. The van der Waals surface area contributed by atoms with Crippen molar-refractivity contribution in [3.8, 4) is 0 Å². The van der Waals surface area contributed by atoms with E-state index in [-0.39, 0.29) is 6.10 Å². The molecule has 0 spiro atoms. The first-order chi connectivity index (χ1) is 4.70. The van der Waals surface area contributed by atoms with Crippen LogP contribution in [-0.2, 0) is 0 Å². The molecule has 58 valence electrons. The summed E-state index contributed by atoms with van der Waals surface area (Å²) in [5, 5.41) is 9.24. The van der Waals surface area contributed by atoms with Crippen LogP contribution in [0.4, 0.5) is 0 Å². The van der Waals surface area contributed by atoms with E-state index in [2.05, 4.69) is 6.58 Å². The molecular weight excluding hydrogens is 124 g/mol. The van der Waals surface area contributed by atoms with Crippen molar-refractivity contribution in [3.63, 3.8) is 0 Å². The fourth-order valence-corrected chi connectivity index (χ4v) is 0.765. The molecular formula is C9H16O. The van der Waals surface area contributed by atoms with Crippen LogP contribution in [0.3, 0.4) is 0 Å². The average Bonchev–Trinajstić information content (AvgIpc) is 1.88. The minimum atomic E-state index is -0.242. The van der Waals surface area contributed by atoms with Crippen molar-refractivity contribution in [3.05, 3.63) is 24.3 Å². The molecule has 0 bridgehead atoms. The highest BCUT2D eigenvalue weighted by Gasteiger charge is 2.00. The Balaban J connectivity index is 3.56. The van der Waals surface area contributed by atoms with Gasteiger partial charge in [0.1, 0.15) is 0 Å². The quantitative estimate of drug-likeness (QED) is 0.594. The fourth-order valence-electron chi connectivity index (χ4n) is 0.765. The molecule has 10 heavy (non-hydrogen) atoms. The maximum Gasteiger partial charge on any atom is 0.0611 e. The van der Waals surface area contributed by atoms with Crippen LogP contribution in [0.5, 0.6) is 0 Å². The van der Waals surface area contributed by atoms with Crippen LogP contribution < -0.4 is 0 Å². The van der Waals surface area contributed by atoms with E-state index in [1.165, 1.54) is 5.57 Å². The van der Waals surface area contributed by atoms with Gasteiger partial charge in [0, 0.05) is 0 Å². The van der Waals surface area contributed by atoms with E-state index in [9.17, 15) is 5.11 Å². The molecule has 1 N–H and O–H groups in total. The summed E-state index contributed by atoms with van der Waals surface area (Å²) in [5.74, 6) is 0. The lowest BCUT2D eigenvalue weighted by molar-refractivity contribution is 0.178. The molecule has 0 aromatic carbocycles. The van der Waals surface area contributed by atoms with Gasteiger partial charge in [-0.2, -0.15) is 0 Å². The molecule has 0 rings (SSSR count). The summed E-state index contributed by atoms with van der Waals surface area (Å²) in [7, 11) is 0. The van der Waals surface area contributed by atoms with E-state index >= 15 is 0 Å². The predicted molar refractivity (Wildman–Crippen MR) is 44.9 cm³/mol. The zero-order valence-electron chi connectivity index (χ0n) is 6.80. The predicted octanol–water partition coefficient (Wildman–Crippen LogP) is 2.28. The Morgan fingerprint density at radius 3 is 2.70 bits per heavy atom. The molecule has 0 fully saturated rings. The number of hydrogen-bond donors (Lipinski definition) is 1. The average molecular weight is 140 g/mol. The minimum Gasteiger partial charge on any atom is -0.392 e. The van der Waals surface area contributed by atoms with E-state index in [1.54, 1.807) is 6.08 Å². The van der Waals surface area contributed by atoms with Crippen LogP contribution in [0.2, 0.25) is 0 Å². The fraction of sp³-hybridized carbons (Fsp3) is 0.556. The zero-order valence-corrected chi connectivity index (χ0v) is 6.80. The molecule has 0 heterocycles. The van der Waals surface area contributed by atoms with Crippen molar-refractivity contribution in [2.24, 2.45) is 0 Å². The van der Waals surface area contributed by atoms with Crippen LogP contribution in [0.1, 0.15) is 26.7 Å². The maximum absolute atomic E-state index is 9.24. The van der Waals surface area contributed by atoms with Gasteiger partial charge in [0.05, 0.1) is 6.10 Å². The Bertz CT molecular complexity index is 125. The van der Waals surface area contributed by atoms with Crippen molar-refractivity contribution in [2.75, 3.05) is 0 Å². The summed E-state index contributed by atoms with van der Waals surface area (Å²) in [4.78, 5) is 0. The molecule has 1 nitrogen and oxygen atoms in total. The highest BCUT2D eigenvalue weighted by molar-refractivity contribution is 4.97. The molecule has 1 atom stereocenters. The highest BCUT2D eigenvalue weighted by atomic mass is 16.3. The first-order valence-electron chi connectivity index (χ1n) is 3.61. The van der Waals surface area contributed by atoms with Gasteiger partial charge in [-0.25, -0.2) is 0 Å². The summed E-state index contributed by atoms with van der Waals surface area (Å²) in [5.41, 5.74) is 1.23. The minimum absolute atomic E-state index is 0.242. The second-order valence-electron chi connectivity index (χ2n) is 2.52. The molecule has 0 aliphatic heterocycles. The van der Waals surface area contributed by atoms with E-state index in [4.69, 9.17) is 0 Å². The van der Waals surface area contributed by atoms with Crippen LogP contribution in [0.15, 0.2) is 24.3 Å². The normalized spacial score (nSPS) is 14.9. The zero-order chi connectivity index (χ0) is 7.98. The largest absolute Gasteiger partial charge is 0.392 e. The smallest absolute Gasteiger partial charge is 0.0611 e. The van der Waals surface area contributed by atoms with Crippen molar-refractivity contribution >= 4 is 0 Å². The molecule has 0 aliphatic carbocycles. The number of allylic oxidation sites excluding steroid dienone is 1. The van der Waals surface area contributed by atoms with E-state index < -0.39 is 0 Å². The maximum atomic E-state index is 9.24. The third kappa shape index (κ3) is 4.33. The van der Waals surface area contributed by atoms with Crippen LogP contribution >= 0.6 is 0 Å². The van der Waals surface area contributed by atoms with Gasteiger partial charge in [0.25, 0.3) is 0 Å². The van der Waals surface area contributed by atoms with Crippen LogP contribution in [0, 0.1) is 0 Å². The molecule has 0 aliphatic rings. The third-order valence-electron chi connectivity index (χ3n) is 1.49. The molecule has 0 saturated carbocycles. The number of aliphatic hydroxyl groups excluding tert-OH is 1. The van der Waals surface area contributed by atoms with Gasteiger partial charge in [-0.15, -0.1) is 6.58 Å². The Kier molecular flexibility index (Phi) is 4.95. The van der Waals surface area contributed by atoms with Crippen molar-refractivity contribution < 1.29 is 5.11 Å². The van der Waals surface area contributed by atoms with E-state index in [1.807, 2.05) is 19.9 Å². The topological polar surface area (TPSA) is 20.2 Å². The van der Waals surface area contributed by atoms with Gasteiger partial charge >= 0.3 is 0 Å². The van der Waals surface area contributed by atoms with Crippen LogP contribution in [-0.4, -0.2) is 11.2 Å². The van der Waals surface area contributed by atoms with Gasteiger partial charge in [-0.1, -0.05) is 17.7 Å². The lowest BCUT2D eigenvalue weighted by Gasteiger charge is -2.06. The van der Waals surface area contributed by atoms with Gasteiger partial charge < -0.3 is 5.11 Å². The van der Waals surface area contributed by atoms with Gasteiger partial charge in [0.15, 0.2) is 0 Å². The monoisotopic (exact) mass is 140 g/mol. The molecule has 0 amide bonds. The Labute approximate surface area is 63.1 Å². The van der Waals surface area contributed by atoms with Crippen molar-refractivity contribution in [1.82, 2.24) is 0 Å². The second-order valence-corrected chi connectivity index (χ2v) is 2.52. The number of aliphatic hydroxyl groups is 1. The first kappa shape index (κ1) is 9.44. The third-order valence-corrected chi connectivity index (χ3v) is 1.49. The highest BCUT2D eigenvalue weighted by Crippen LogP contribution is 2.06. The number of hydrogen-bond acceptors (Lipinski definition) is 1. The van der Waals surface area contributed by atoms with Gasteiger partial charge in [0.2, 0.25) is 0 Å². The van der Waals surface area contributed by atoms with Crippen LogP contribution in [0.25, 0.3) is 0 Å². The first-order valence-corrected chi connectivity index (χ1v) is 3.61. The summed E-state index contributed by atoms with van der Waals surface area (Å²) in [6, 6.07) is 0. The van der Waals surface area contributed by atoms with E-state index in [0.717, 1.165) is 6.42 Å². The lowest BCUT2D eigenvalue weighted by atomic mass is 10.1. The summed E-state index contributed by atoms with van der Waals surface area (Å²) < 4.78 is 0.